The van der Waals surface area contributed by atoms with E-state index in [1.165, 1.54) is 32.7 Å². The van der Waals surface area contributed by atoms with E-state index in [1.54, 1.807) is 0 Å². The van der Waals surface area contributed by atoms with Gasteiger partial charge >= 0.3 is 0 Å². The molecule has 150 valence electrons. The van der Waals surface area contributed by atoms with E-state index in [9.17, 15) is 13.6 Å². The van der Waals surface area contributed by atoms with Crippen molar-refractivity contribution in [2.75, 3.05) is 31.1 Å². The lowest BCUT2D eigenvalue weighted by Gasteiger charge is -2.40. The molecule has 0 bridgehead atoms. The average Bonchev–Trinajstić information content (AvgIpc) is 3.12. The number of hydrogen-bond acceptors (Lipinski definition) is 7. The molecule has 7 nitrogen and oxygen atoms in total. The smallest absolute Gasteiger partial charge is 0.260 e. The number of carbonyl (C=O) groups excluding carboxylic acids is 1. The van der Waals surface area contributed by atoms with Gasteiger partial charge in [-0.2, -0.15) is 4.98 Å². The first-order valence-corrected chi connectivity index (χ1v) is 9.74. The molecule has 3 rings (SSSR count). The van der Waals surface area contributed by atoms with E-state index < -0.39 is 12.5 Å². The second kappa shape index (κ2) is 8.97. The van der Waals surface area contributed by atoms with Crippen LogP contribution in [0.15, 0.2) is 18.2 Å². The van der Waals surface area contributed by atoms with Crippen LogP contribution in [0.5, 0.6) is 5.88 Å². The zero-order chi connectivity index (χ0) is 20.3. The molecule has 1 fully saturated rings. The zero-order valence-electron chi connectivity index (χ0n) is 14.4. The highest BCUT2D eigenvalue weighted by Gasteiger charge is 2.36. The number of halogens is 4. The van der Waals surface area contributed by atoms with Gasteiger partial charge in [-0.3, -0.25) is 4.79 Å². The molecule has 1 atom stereocenters. The number of piperazine rings is 1. The lowest BCUT2D eigenvalue weighted by molar-refractivity contribution is -0.119. The van der Waals surface area contributed by atoms with Crippen LogP contribution in [0.2, 0.25) is 10.2 Å². The summed E-state index contributed by atoms with van der Waals surface area (Å²) in [7, 11) is 0. The molecule has 1 amide bonds. The summed E-state index contributed by atoms with van der Waals surface area (Å²) in [6.07, 6.45) is -0.667. The number of hydrogen-bond donors (Lipinski definition) is 0. The molecule has 0 radical (unpaired) electrons. The van der Waals surface area contributed by atoms with Crippen LogP contribution in [0.4, 0.5) is 14.6 Å². The Bertz CT molecular complexity index is 870. The summed E-state index contributed by atoms with van der Waals surface area (Å²) in [5.74, 6) is 0.278. The fourth-order valence-electron chi connectivity index (χ4n) is 2.72. The van der Waals surface area contributed by atoms with Gasteiger partial charge in [-0.25, -0.2) is 18.7 Å². The summed E-state index contributed by atoms with van der Waals surface area (Å²) in [5.41, 5.74) is 1.52. The Labute approximate surface area is 173 Å². The summed E-state index contributed by atoms with van der Waals surface area (Å²) < 4.78 is 32.9. The van der Waals surface area contributed by atoms with Crippen LogP contribution in [0.3, 0.4) is 0 Å². The van der Waals surface area contributed by atoms with Gasteiger partial charge in [0.05, 0.1) is 5.51 Å². The van der Waals surface area contributed by atoms with Crippen molar-refractivity contribution < 1.29 is 18.3 Å². The Hall–Kier alpha value is -2.04. The molecule has 0 aliphatic carbocycles. The third kappa shape index (κ3) is 4.18. The van der Waals surface area contributed by atoms with Crippen LogP contribution < -0.4 is 9.64 Å². The van der Waals surface area contributed by atoms with E-state index >= 15 is 0 Å². The number of anilines is 1. The quantitative estimate of drug-likeness (QED) is 0.476. The number of rotatable bonds is 7. The molecule has 0 spiro atoms. The van der Waals surface area contributed by atoms with Gasteiger partial charge in [-0.05, 0) is 0 Å². The van der Waals surface area contributed by atoms with Crippen molar-refractivity contribution >= 4 is 46.8 Å². The fourth-order valence-corrected chi connectivity index (χ4v) is 3.91. The van der Waals surface area contributed by atoms with Crippen molar-refractivity contribution in [3.05, 3.63) is 28.3 Å². The maximum Gasteiger partial charge on any atom is 0.260 e. The van der Waals surface area contributed by atoms with Gasteiger partial charge < -0.3 is 14.5 Å². The molecule has 0 N–H and O–H groups in total. The fraction of sp³-hybridized carbons (Fsp3) is 0.375. The van der Waals surface area contributed by atoms with Crippen molar-refractivity contribution in [2.45, 2.75) is 12.5 Å². The number of carbonyl (C=O) groups is 1. The molecule has 12 heteroatoms. The Morgan fingerprint density at radius 1 is 1.39 bits per heavy atom. The molecule has 3 heterocycles. The molecule has 0 saturated carbocycles. The first kappa shape index (κ1) is 20.7. The van der Waals surface area contributed by atoms with Crippen molar-refractivity contribution in [3.63, 3.8) is 0 Å². The van der Waals surface area contributed by atoms with Gasteiger partial charge in [0.2, 0.25) is 12.3 Å². The highest BCUT2D eigenvalue weighted by molar-refractivity contribution is 7.13. The van der Waals surface area contributed by atoms with Crippen LogP contribution in [-0.4, -0.2) is 65.0 Å². The van der Waals surface area contributed by atoms with Crippen LogP contribution in [0, 0.1) is 0 Å². The third-order valence-electron chi connectivity index (χ3n) is 4.03. The SMILES string of the molecule is C=CCOc1nc(-c2scnc2Cl)nc(N2CCN(C=O)CC2C(F)F)c1Cl. The van der Waals surface area contributed by atoms with E-state index in [0.29, 0.717) is 11.3 Å². The standard InChI is InChI=1S/C16H15Cl2F2N5O2S/c1-2-5-27-16-10(17)15(22-14(23-16)11-12(18)21-7-28-11)25-4-3-24(8-26)6-9(25)13(19)20/h2,7-9,13H,1,3-6H2. The van der Waals surface area contributed by atoms with Gasteiger partial charge in [0.15, 0.2) is 16.8 Å². The number of alkyl halides is 2. The number of ether oxygens (including phenoxy) is 1. The largest absolute Gasteiger partial charge is 0.472 e. The maximum absolute atomic E-state index is 13.7. The van der Waals surface area contributed by atoms with E-state index in [4.69, 9.17) is 27.9 Å². The molecule has 1 saturated heterocycles. The highest BCUT2D eigenvalue weighted by atomic mass is 35.5. The Morgan fingerprint density at radius 3 is 2.79 bits per heavy atom. The molecule has 2 aromatic heterocycles. The zero-order valence-corrected chi connectivity index (χ0v) is 16.7. The second-order valence-electron chi connectivity index (χ2n) is 5.76. The first-order chi connectivity index (χ1) is 13.5. The average molecular weight is 450 g/mol. The summed E-state index contributed by atoms with van der Waals surface area (Å²) in [6, 6.07) is -1.27. The van der Waals surface area contributed by atoms with Gasteiger partial charge in [-0.1, -0.05) is 35.9 Å². The normalized spacial score (nSPS) is 17.1. The molecule has 28 heavy (non-hydrogen) atoms. The second-order valence-corrected chi connectivity index (χ2v) is 7.35. The van der Waals surface area contributed by atoms with Crippen molar-refractivity contribution in [1.82, 2.24) is 19.9 Å². The molecule has 1 aliphatic heterocycles. The van der Waals surface area contributed by atoms with Crippen molar-refractivity contribution in [3.8, 4) is 16.6 Å². The molecule has 2 aromatic rings. The van der Waals surface area contributed by atoms with Crippen LogP contribution >= 0.6 is 34.5 Å². The van der Waals surface area contributed by atoms with Gasteiger partial charge in [0.25, 0.3) is 6.43 Å². The van der Waals surface area contributed by atoms with Gasteiger partial charge in [0.1, 0.15) is 22.5 Å². The molecular weight excluding hydrogens is 435 g/mol. The summed E-state index contributed by atoms with van der Waals surface area (Å²) in [6.45, 7) is 3.91. The van der Waals surface area contributed by atoms with Crippen LogP contribution in [0.25, 0.3) is 10.7 Å². The lowest BCUT2D eigenvalue weighted by atomic mass is 10.1. The summed E-state index contributed by atoms with van der Waals surface area (Å²) >= 11 is 13.7. The minimum atomic E-state index is -2.72. The minimum Gasteiger partial charge on any atom is -0.472 e. The van der Waals surface area contributed by atoms with Crippen LogP contribution in [-0.2, 0) is 4.79 Å². The first-order valence-electron chi connectivity index (χ1n) is 8.11. The molecular formula is C16H15Cl2F2N5O2S. The van der Waals surface area contributed by atoms with Gasteiger partial charge in [0, 0.05) is 19.6 Å². The third-order valence-corrected chi connectivity index (χ3v) is 5.58. The predicted molar refractivity (Wildman–Crippen MR) is 104 cm³/mol. The monoisotopic (exact) mass is 449 g/mol. The summed E-state index contributed by atoms with van der Waals surface area (Å²) in [5, 5.41) is 0.181. The molecule has 1 unspecified atom stereocenters. The Kier molecular flexibility index (Phi) is 6.63. The predicted octanol–water partition coefficient (Wildman–Crippen LogP) is 3.38. The van der Waals surface area contributed by atoms with Crippen molar-refractivity contribution in [2.24, 2.45) is 0 Å². The molecule has 0 aromatic carbocycles. The lowest BCUT2D eigenvalue weighted by Crippen LogP contribution is -2.56. The van der Waals surface area contributed by atoms with Crippen molar-refractivity contribution in [1.29, 1.82) is 0 Å². The Morgan fingerprint density at radius 2 is 2.18 bits per heavy atom. The number of aromatic nitrogens is 3. The van der Waals surface area contributed by atoms with Crippen LogP contribution in [0.1, 0.15) is 0 Å². The van der Waals surface area contributed by atoms with Gasteiger partial charge in [-0.15, -0.1) is 11.3 Å². The Balaban J connectivity index is 2.08. The number of amides is 1. The number of nitrogens with zero attached hydrogens (tertiary/aromatic N) is 5. The van der Waals surface area contributed by atoms with E-state index in [0.717, 1.165) is 0 Å². The highest BCUT2D eigenvalue weighted by Crippen LogP contribution is 2.38. The molecule has 1 aliphatic rings. The number of thiazole rings is 1. The van der Waals surface area contributed by atoms with E-state index in [-0.39, 0.29) is 53.9 Å². The summed E-state index contributed by atoms with van der Waals surface area (Å²) in [4.78, 5) is 26.7. The minimum absolute atomic E-state index is 0.00330. The maximum atomic E-state index is 13.7. The topological polar surface area (TPSA) is 71.5 Å². The van der Waals surface area contributed by atoms with E-state index in [2.05, 4.69) is 21.5 Å². The van der Waals surface area contributed by atoms with E-state index in [1.807, 2.05) is 0 Å².